The highest BCUT2D eigenvalue weighted by atomic mass is 79.9. The van der Waals surface area contributed by atoms with Crippen molar-refractivity contribution in [3.63, 3.8) is 0 Å². The maximum absolute atomic E-state index is 10.9. The van der Waals surface area contributed by atoms with Gasteiger partial charge in [0.05, 0.1) is 6.54 Å². The van der Waals surface area contributed by atoms with Crippen LogP contribution in [0.1, 0.15) is 12.5 Å². The summed E-state index contributed by atoms with van der Waals surface area (Å²) in [7, 11) is 1.86. The van der Waals surface area contributed by atoms with Gasteiger partial charge >= 0.3 is 0 Å². The molecule has 0 unspecified atom stereocenters. The molecule has 0 saturated heterocycles. The van der Waals surface area contributed by atoms with Gasteiger partial charge in [-0.05, 0) is 30.3 Å². The number of nitrogens with two attached hydrogens (primary N) is 1. The Morgan fingerprint density at radius 2 is 2.24 bits per heavy atom. The Balaban J connectivity index is 2.92. The molecule has 1 amide bonds. The Hall–Kier alpha value is -1.07. The molecule has 0 heterocycles. The van der Waals surface area contributed by atoms with E-state index in [2.05, 4.69) is 34.2 Å². The standard InChI is InChI=1S/C12H18BrN3O/c1-3-15-7-9-6-10(13)4-5-11(9)16(2)8-12(14)17/h4-6,15H,3,7-8H2,1-2H3,(H2,14,17). The van der Waals surface area contributed by atoms with Gasteiger partial charge in [-0.2, -0.15) is 0 Å². The lowest BCUT2D eigenvalue weighted by atomic mass is 10.1. The summed E-state index contributed by atoms with van der Waals surface area (Å²) in [6.07, 6.45) is 0. The normalized spacial score (nSPS) is 10.3. The molecule has 17 heavy (non-hydrogen) atoms. The van der Waals surface area contributed by atoms with E-state index < -0.39 is 0 Å². The minimum absolute atomic E-state index is 0.223. The molecule has 0 aliphatic heterocycles. The van der Waals surface area contributed by atoms with E-state index in [9.17, 15) is 4.79 Å². The van der Waals surface area contributed by atoms with E-state index in [0.717, 1.165) is 28.8 Å². The smallest absolute Gasteiger partial charge is 0.236 e. The Bertz CT molecular complexity index is 395. The molecule has 0 bridgehead atoms. The molecule has 1 rings (SSSR count). The van der Waals surface area contributed by atoms with Gasteiger partial charge in [0.15, 0.2) is 0 Å². The lowest BCUT2D eigenvalue weighted by molar-refractivity contribution is -0.116. The van der Waals surface area contributed by atoms with Crippen LogP contribution < -0.4 is 16.0 Å². The molecule has 3 N–H and O–H groups in total. The monoisotopic (exact) mass is 299 g/mol. The van der Waals surface area contributed by atoms with Crippen LogP contribution in [-0.2, 0) is 11.3 Å². The number of hydrogen-bond acceptors (Lipinski definition) is 3. The van der Waals surface area contributed by atoms with Gasteiger partial charge in [0.25, 0.3) is 0 Å². The van der Waals surface area contributed by atoms with Gasteiger partial charge in [0, 0.05) is 23.8 Å². The maximum Gasteiger partial charge on any atom is 0.236 e. The summed E-state index contributed by atoms with van der Waals surface area (Å²) in [5, 5.41) is 3.28. The fourth-order valence-electron chi connectivity index (χ4n) is 1.65. The van der Waals surface area contributed by atoms with Crippen molar-refractivity contribution in [3.05, 3.63) is 28.2 Å². The number of likely N-dealkylation sites (N-methyl/N-ethyl adjacent to an activating group) is 1. The van der Waals surface area contributed by atoms with Crippen molar-refractivity contribution in [1.82, 2.24) is 5.32 Å². The van der Waals surface area contributed by atoms with E-state index in [1.807, 2.05) is 24.1 Å². The van der Waals surface area contributed by atoms with Gasteiger partial charge in [0.1, 0.15) is 0 Å². The van der Waals surface area contributed by atoms with E-state index in [4.69, 9.17) is 5.73 Å². The zero-order valence-corrected chi connectivity index (χ0v) is 11.8. The van der Waals surface area contributed by atoms with Crippen LogP contribution in [0.25, 0.3) is 0 Å². The predicted octanol–water partition coefficient (Wildman–Crippen LogP) is 1.48. The van der Waals surface area contributed by atoms with Crippen molar-refractivity contribution < 1.29 is 4.79 Å². The lowest BCUT2D eigenvalue weighted by Crippen LogP contribution is -2.31. The first-order valence-electron chi connectivity index (χ1n) is 5.53. The Morgan fingerprint density at radius 1 is 1.53 bits per heavy atom. The molecule has 1 aromatic carbocycles. The zero-order valence-electron chi connectivity index (χ0n) is 10.2. The molecule has 0 saturated carbocycles. The number of nitrogens with one attached hydrogen (secondary N) is 1. The average molecular weight is 300 g/mol. The minimum atomic E-state index is -0.329. The van der Waals surface area contributed by atoms with E-state index in [0.29, 0.717) is 0 Å². The first-order valence-corrected chi connectivity index (χ1v) is 6.32. The summed E-state index contributed by atoms with van der Waals surface area (Å²) in [5.41, 5.74) is 7.37. The van der Waals surface area contributed by atoms with Gasteiger partial charge in [0.2, 0.25) is 5.91 Å². The molecule has 0 aromatic heterocycles. The third-order valence-corrected chi connectivity index (χ3v) is 2.90. The van der Waals surface area contributed by atoms with E-state index >= 15 is 0 Å². The lowest BCUT2D eigenvalue weighted by Gasteiger charge is -2.21. The summed E-state index contributed by atoms with van der Waals surface area (Å²) >= 11 is 3.45. The molecular weight excluding hydrogens is 282 g/mol. The first-order chi connectivity index (χ1) is 8.04. The molecule has 0 aliphatic carbocycles. The maximum atomic E-state index is 10.9. The quantitative estimate of drug-likeness (QED) is 0.836. The van der Waals surface area contributed by atoms with Gasteiger partial charge in [-0.1, -0.05) is 22.9 Å². The zero-order chi connectivity index (χ0) is 12.8. The SMILES string of the molecule is CCNCc1cc(Br)ccc1N(C)CC(N)=O. The molecular formula is C12H18BrN3O. The number of anilines is 1. The molecule has 0 aliphatic rings. The van der Waals surface area contributed by atoms with Crippen LogP contribution in [0.3, 0.4) is 0 Å². The number of rotatable bonds is 6. The van der Waals surface area contributed by atoms with Gasteiger partial charge in [-0.3, -0.25) is 4.79 Å². The largest absolute Gasteiger partial charge is 0.368 e. The van der Waals surface area contributed by atoms with Crippen LogP contribution in [0.15, 0.2) is 22.7 Å². The summed E-state index contributed by atoms with van der Waals surface area (Å²) in [4.78, 5) is 12.8. The molecule has 1 aromatic rings. The highest BCUT2D eigenvalue weighted by molar-refractivity contribution is 9.10. The van der Waals surface area contributed by atoms with Crippen molar-refractivity contribution in [2.24, 2.45) is 5.73 Å². The minimum Gasteiger partial charge on any atom is -0.368 e. The van der Waals surface area contributed by atoms with Crippen LogP contribution in [0.5, 0.6) is 0 Å². The number of benzene rings is 1. The third-order valence-electron chi connectivity index (χ3n) is 2.41. The third kappa shape index (κ3) is 4.36. The van der Waals surface area contributed by atoms with Crippen LogP contribution in [0.2, 0.25) is 0 Å². The molecule has 0 spiro atoms. The second-order valence-electron chi connectivity index (χ2n) is 3.88. The molecule has 0 atom stereocenters. The summed E-state index contributed by atoms with van der Waals surface area (Å²) < 4.78 is 1.03. The van der Waals surface area contributed by atoms with Crippen molar-refractivity contribution in [3.8, 4) is 0 Å². The molecule has 94 valence electrons. The number of nitrogens with zero attached hydrogens (tertiary/aromatic N) is 1. The van der Waals surface area contributed by atoms with Crippen molar-refractivity contribution in [1.29, 1.82) is 0 Å². The molecule has 5 heteroatoms. The Kier molecular flexibility index (Phi) is 5.44. The average Bonchev–Trinajstić information content (AvgIpc) is 2.25. The topological polar surface area (TPSA) is 58.4 Å². The second-order valence-corrected chi connectivity index (χ2v) is 4.79. The van der Waals surface area contributed by atoms with Crippen LogP contribution in [0.4, 0.5) is 5.69 Å². The van der Waals surface area contributed by atoms with Crippen LogP contribution >= 0.6 is 15.9 Å². The van der Waals surface area contributed by atoms with Gasteiger partial charge < -0.3 is 16.0 Å². The highest BCUT2D eigenvalue weighted by Gasteiger charge is 2.09. The Labute approximate surface area is 110 Å². The number of carbonyl (C=O) groups is 1. The summed E-state index contributed by atoms with van der Waals surface area (Å²) in [6.45, 7) is 3.96. The van der Waals surface area contributed by atoms with Crippen molar-refractivity contribution in [2.75, 3.05) is 25.0 Å². The van der Waals surface area contributed by atoms with Crippen molar-refractivity contribution in [2.45, 2.75) is 13.5 Å². The van der Waals surface area contributed by atoms with E-state index in [1.165, 1.54) is 0 Å². The van der Waals surface area contributed by atoms with Gasteiger partial charge in [-0.25, -0.2) is 0 Å². The summed E-state index contributed by atoms with van der Waals surface area (Å²) in [5.74, 6) is -0.329. The number of hydrogen-bond donors (Lipinski definition) is 2. The second kappa shape index (κ2) is 6.61. The van der Waals surface area contributed by atoms with E-state index in [1.54, 1.807) is 0 Å². The summed E-state index contributed by atoms with van der Waals surface area (Å²) in [6, 6.07) is 6.00. The predicted molar refractivity (Wildman–Crippen MR) is 74.0 cm³/mol. The van der Waals surface area contributed by atoms with Crippen LogP contribution in [0, 0.1) is 0 Å². The van der Waals surface area contributed by atoms with Crippen LogP contribution in [-0.4, -0.2) is 26.0 Å². The number of halogens is 1. The van der Waals surface area contributed by atoms with Crippen molar-refractivity contribution >= 4 is 27.5 Å². The molecule has 0 radical (unpaired) electrons. The number of carbonyl (C=O) groups excluding carboxylic acids is 1. The fraction of sp³-hybridized carbons (Fsp3) is 0.417. The molecule has 4 nitrogen and oxygen atoms in total. The van der Waals surface area contributed by atoms with Gasteiger partial charge in [-0.15, -0.1) is 0 Å². The Morgan fingerprint density at radius 3 is 2.82 bits per heavy atom. The number of amides is 1. The molecule has 0 fully saturated rings. The highest BCUT2D eigenvalue weighted by Crippen LogP contribution is 2.23. The fourth-order valence-corrected chi connectivity index (χ4v) is 2.06. The first kappa shape index (κ1) is 14.0. The van der Waals surface area contributed by atoms with E-state index in [-0.39, 0.29) is 12.5 Å². The number of primary amides is 1.